The Morgan fingerprint density at radius 1 is 1.43 bits per heavy atom. The Morgan fingerprint density at radius 2 is 2.29 bits per heavy atom. The van der Waals surface area contributed by atoms with E-state index in [2.05, 4.69) is 39.6 Å². The fraction of sp³-hybridized carbons (Fsp3) is 0.562. The van der Waals surface area contributed by atoms with Gasteiger partial charge in [0.05, 0.1) is 23.4 Å². The van der Waals surface area contributed by atoms with Crippen molar-refractivity contribution >= 4 is 21.6 Å². The van der Waals surface area contributed by atoms with Gasteiger partial charge in [-0.05, 0) is 49.5 Å². The lowest BCUT2D eigenvalue weighted by Crippen LogP contribution is -2.37. The number of ether oxygens (including phenoxy) is 1. The third-order valence-corrected chi connectivity index (χ3v) is 4.88. The number of hydrogen-bond acceptors (Lipinski definition) is 5. The Bertz CT molecular complexity index is 565. The van der Waals surface area contributed by atoms with Crippen LogP contribution >= 0.6 is 11.3 Å². The molecule has 0 radical (unpaired) electrons. The predicted molar refractivity (Wildman–Crippen MR) is 87.9 cm³/mol. The molecule has 1 N–H and O–H groups in total. The van der Waals surface area contributed by atoms with Crippen molar-refractivity contribution in [3.05, 3.63) is 29.3 Å². The quantitative estimate of drug-likeness (QED) is 0.833. The molecule has 2 aromatic rings. The van der Waals surface area contributed by atoms with Gasteiger partial charge in [-0.25, -0.2) is 0 Å². The molecular formula is C16H23N3OS. The van der Waals surface area contributed by atoms with Crippen molar-refractivity contribution < 1.29 is 4.74 Å². The number of fused-ring (bicyclic) bond motifs is 1. The van der Waals surface area contributed by atoms with Crippen LogP contribution in [0.15, 0.2) is 23.7 Å². The van der Waals surface area contributed by atoms with Crippen LogP contribution < -0.4 is 5.32 Å². The first-order chi connectivity index (χ1) is 10.3. The van der Waals surface area contributed by atoms with Gasteiger partial charge in [0.15, 0.2) is 0 Å². The molecule has 0 aliphatic carbocycles. The molecule has 4 nitrogen and oxygen atoms in total. The van der Waals surface area contributed by atoms with Gasteiger partial charge >= 0.3 is 0 Å². The van der Waals surface area contributed by atoms with E-state index in [0.717, 1.165) is 44.9 Å². The van der Waals surface area contributed by atoms with E-state index in [-0.39, 0.29) is 0 Å². The molecule has 1 atom stereocenters. The molecule has 5 heteroatoms. The fourth-order valence-electron chi connectivity index (χ4n) is 2.66. The predicted octanol–water partition coefficient (Wildman–Crippen LogP) is 2.67. The zero-order valence-electron chi connectivity index (χ0n) is 12.5. The van der Waals surface area contributed by atoms with Crippen molar-refractivity contribution in [3.8, 4) is 0 Å². The van der Waals surface area contributed by atoms with Gasteiger partial charge in [-0.1, -0.05) is 0 Å². The zero-order chi connectivity index (χ0) is 14.5. The molecule has 0 saturated carbocycles. The number of nitrogens with zero attached hydrogens (tertiary/aromatic N) is 2. The summed E-state index contributed by atoms with van der Waals surface area (Å²) in [4.78, 5) is 6.99. The van der Waals surface area contributed by atoms with E-state index < -0.39 is 0 Å². The average molecular weight is 305 g/mol. The number of morpholine rings is 1. The number of hydrogen-bond donors (Lipinski definition) is 1. The summed E-state index contributed by atoms with van der Waals surface area (Å²) in [5, 5.41) is 5.70. The van der Waals surface area contributed by atoms with Crippen LogP contribution in [0, 0.1) is 0 Å². The fourth-order valence-corrected chi connectivity index (χ4v) is 3.45. The number of thiophene rings is 1. The van der Waals surface area contributed by atoms with Crippen LogP contribution in [0.25, 0.3) is 10.2 Å². The highest BCUT2D eigenvalue weighted by molar-refractivity contribution is 7.17. The second kappa shape index (κ2) is 7.31. The van der Waals surface area contributed by atoms with Crippen LogP contribution in [-0.4, -0.2) is 49.3 Å². The second-order valence-corrected chi connectivity index (χ2v) is 6.50. The van der Waals surface area contributed by atoms with E-state index in [1.54, 1.807) is 11.3 Å². The van der Waals surface area contributed by atoms with Crippen molar-refractivity contribution in [3.63, 3.8) is 0 Å². The van der Waals surface area contributed by atoms with Crippen molar-refractivity contribution in [2.45, 2.75) is 19.4 Å². The van der Waals surface area contributed by atoms with E-state index in [9.17, 15) is 0 Å². The van der Waals surface area contributed by atoms with E-state index in [0.29, 0.717) is 6.04 Å². The molecule has 1 aliphatic heterocycles. The van der Waals surface area contributed by atoms with Gasteiger partial charge in [0.1, 0.15) is 0 Å². The molecule has 1 aliphatic rings. The minimum Gasteiger partial charge on any atom is -0.379 e. The lowest BCUT2D eigenvalue weighted by molar-refractivity contribution is 0.0374. The van der Waals surface area contributed by atoms with Crippen LogP contribution in [-0.2, 0) is 4.74 Å². The van der Waals surface area contributed by atoms with Gasteiger partial charge in [-0.2, -0.15) is 0 Å². The number of rotatable bonds is 6. The molecule has 114 valence electrons. The zero-order valence-corrected chi connectivity index (χ0v) is 13.4. The molecule has 0 aromatic carbocycles. The first kappa shape index (κ1) is 14.9. The smallest absolute Gasteiger partial charge is 0.0809 e. The normalized spacial score (nSPS) is 18.1. The first-order valence-electron chi connectivity index (χ1n) is 7.69. The summed E-state index contributed by atoms with van der Waals surface area (Å²) in [6.45, 7) is 8.34. The molecule has 0 amide bonds. The largest absolute Gasteiger partial charge is 0.379 e. The Kier molecular flexibility index (Phi) is 5.19. The van der Waals surface area contributed by atoms with Crippen LogP contribution in [0.3, 0.4) is 0 Å². The van der Waals surface area contributed by atoms with Crippen molar-refractivity contribution in [1.29, 1.82) is 0 Å². The van der Waals surface area contributed by atoms with Crippen LogP contribution in [0.1, 0.15) is 24.9 Å². The molecule has 3 rings (SSSR count). The molecule has 1 saturated heterocycles. The average Bonchev–Trinajstić information content (AvgIpc) is 3.00. The molecule has 2 aromatic heterocycles. The maximum Gasteiger partial charge on any atom is 0.0809 e. The Labute approximate surface area is 130 Å². The van der Waals surface area contributed by atoms with Crippen LogP contribution in [0.4, 0.5) is 0 Å². The number of aromatic nitrogens is 1. The molecule has 0 spiro atoms. The second-order valence-electron chi connectivity index (χ2n) is 5.56. The van der Waals surface area contributed by atoms with Gasteiger partial charge < -0.3 is 10.1 Å². The SMILES string of the molecule is CC(NCCCN1CCOCC1)c1cnc2ccsc2c1. The summed E-state index contributed by atoms with van der Waals surface area (Å²) in [6, 6.07) is 4.69. The molecule has 3 heterocycles. The van der Waals surface area contributed by atoms with E-state index >= 15 is 0 Å². The lowest BCUT2D eigenvalue weighted by Gasteiger charge is -2.26. The first-order valence-corrected chi connectivity index (χ1v) is 8.57. The van der Waals surface area contributed by atoms with Crippen molar-refractivity contribution in [1.82, 2.24) is 15.2 Å². The van der Waals surface area contributed by atoms with Gasteiger partial charge in [0.2, 0.25) is 0 Å². The topological polar surface area (TPSA) is 37.4 Å². The van der Waals surface area contributed by atoms with Gasteiger partial charge in [-0.3, -0.25) is 9.88 Å². The molecule has 0 bridgehead atoms. The lowest BCUT2D eigenvalue weighted by atomic mass is 10.1. The molecular weight excluding hydrogens is 282 g/mol. The van der Waals surface area contributed by atoms with Crippen molar-refractivity contribution in [2.75, 3.05) is 39.4 Å². The standard InChI is InChI=1S/C16H23N3OS/c1-13(14-11-16-15(18-12-14)3-10-21-16)17-4-2-5-19-6-8-20-9-7-19/h3,10-13,17H,2,4-9H2,1H3. The third kappa shape index (κ3) is 4.01. The summed E-state index contributed by atoms with van der Waals surface area (Å²) >= 11 is 1.76. The van der Waals surface area contributed by atoms with Crippen LogP contribution in [0.2, 0.25) is 0 Å². The van der Waals surface area contributed by atoms with Crippen molar-refractivity contribution in [2.24, 2.45) is 0 Å². The highest BCUT2D eigenvalue weighted by Crippen LogP contribution is 2.22. The number of pyridine rings is 1. The van der Waals surface area contributed by atoms with Gasteiger partial charge in [0, 0.05) is 25.3 Å². The Morgan fingerprint density at radius 3 is 3.14 bits per heavy atom. The molecule has 1 unspecified atom stereocenters. The summed E-state index contributed by atoms with van der Waals surface area (Å²) < 4.78 is 6.64. The van der Waals surface area contributed by atoms with Crippen LogP contribution in [0.5, 0.6) is 0 Å². The Hall–Kier alpha value is -1.01. The molecule has 1 fully saturated rings. The van der Waals surface area contributed by atoms with Gasteiger partial charge in [0.25, 0.3) is 0 Å². The highest BCUT2D eigenvalue weighted by atomic mass is 32.1. The summed E-state index contributed by atoms with van der Waals surface area (Å²) in [6.07, 6.45) is 3.17. The van der Waals surface area contributed by atoms with E-state index in [1.165, 1.54) is 16.7 Å². The summed E-state index contributed by atoms with van der Waals surface area (Å²) in [7, 11) is 0. The van der Waals surface area contributed by atoms with E-state index in [1.807, 2.05) is 6.20 Å². The maximum absolute atomic E-state index is 5.37. The number of nitrogens with one attached hydrogen (secondary N) is 1. The Balaban J connectivity index is 1.43. The highest BCUT2D eigenvalue weighted by Gasteiger charge is 2.10. The third-order valence-electron chi connectivity index (χ3n) is 4.03. The maximum atomic E-state index is 5.37. The molecule has 21 heavy (non-hydrogen) atoms. The minimum atomic E-state index is 0.355. The van der Waals surface area contributed by atoms with Gasteiger partial charge in [-0.15, -0.1) is 11.3 Å². The van der Waals surface area contributed by atoms with E-state index in [4.69, 9.17) is 4.74 Å². The minimum absolute atomic E-state index is 0.355. The summed E-state index contributed by atoms with van der Waals surface area (Å²) in [5.74, 6) is 0. The monoisotopic (exact) mass is 305 g/mol. The summed E-state index contributed by atoms with van der Waals surface area (Å²) in [5.41, 5.74) is 2.37.